The summed E-state index contributed by atoms with van der Waals surface area (Å²) in [5, 5.41) is 8.21. The van der Waals surface area contributed by atoms with Crippen molar-refractivity contribution in [2.24, 2.45) is 11.8 Å². The highest BCUT2D eigenvalue weighted by Crippen LogP contribution is 2.24. The highest BCUT2D eigenvalue weighted by molar-refractivity contribution is 5.88. The van der Waals surface area contributed by atoms with Gasteiger partial charge >= 0.3 is 6.09 Å². The molecule has 0 aromatic heterocycles. The average molecular weight is 498 g/mol. The number of ether oxygens (including phenoxy) is 1. The number of nitrogens with one attached hydrogen (secondary N) is 2. The maximum Gasteiger partial charge on any atom is 0.408 e. The molecule has 2 rings (SSSR count). The first kappa shape index (κ1) is 29.6. The van der Waals surface area contributed by atoms with Crippen LogP contribution in [0.2, 0.25) is 0 Å². The molecule has 0 fully saturated rings. The summed E-state index contributed by atoms with van der Waals surface area (Å²) in [6.07, 6.45) is 0.775. The molecule has 2 atom stereocenters. The minimum absolute atomic E-state index is 0.194. The van der Waals surface area contributed by atoms with E-state index in [9.17, 15) is 9.59 Å². The largest absolute Gasteiger partial charge is 0.444 e. The maximum absolute atomic E-state index is 13.4. The monoisotopic (exact) mass is 497 g/mol. The molecule has 0 aliphatic carbocycles. The zero-order chi connectivity index (χ0) is 26.9. The number of carbonyl (C=O) groups excluding carboxylic acids is 2. The normalized spacial score (nSPS) is 13.8. The topological polar surface area (TPSA) is 70.7 Å². The minimum atomic E-state index is -0.669. The number of hydrogen-bond donors (Lipinski definition) is 2. The molecular weight excluding hydrogens is 450 g/mol. The van der Waals surface area contributed by atoms with Crippen molar-refractivity contribution in [3.8, 4) is 0 Å². The van der Waals surface area contributed by atoms with Gasteiger partial charge in [0.2, 0.25) is 5.91 Å². The summed E-state index contributed by atoms with van der Waals surface area (Å²) in [5.74, 6) is 0.953. The van der Waals surface area contributed by atoms with Crippen LogP contribution in [0, 0.1) is 11.8 Å². The molecule has 0 bridgehead atoms. The number of carbonyl (C=O) groups is 2. The van der Waals surface area contributed by atoms with E-state index in [1.54, 1.807) is 0 Å². The Morgan fingerprint density at radius 2 is 1.50 bits per heavy atom. The Labute approximate surface area is 218 Å². The van der Waals surface area contributed by atoms with E-state index in [0.29, 0.717) is 18.3 Å². The van der Waals surface area contributed by atoms with Gasteiger partial charge in [0.25, 0.3) is 0 Å². The zero-order valence-corrected chi connectivity index (χ0v) is 23.6. The molecule has 2 amide bonds. The van der Waals surface area contributed by atoms with Gasteiger partial charge in [0.05, 0.1) is 6.04 Å². The van der Waals surface area contributed by atoms with E-state index in [1.807, 2.05) is 52.0 Å². The molecule has 6 nitrogen and oxygen atoms in total. The lowest BCUT2D eigenvalue weighted by Gasteiger charge is -2.28. The summed E-state index contributed by atoms with van der Waals surface area (Å²) in [6, 6.07) is 13.4. The molecule has 1 unspecified atom stereocenters. The summed E-state index contributed by atoms with van der Waals surface area (Å²) in [4.78, 5) is 28.4. The fourth-order valence-corrected chi connectivity index (χ4v) is 4.55. The Balaban J connectivity index is 2.12. The van der Waals surface area contributed by atoms with Gasteiger partial charge in [-0.25, -0.2) is 4.79 Å². The quantitative estimate of drug-likeness (QED) is 0.361. The van der Waals surface area contributed by atoms with E-state index in [4.69, 9.17) is 4.74 Å². The van der Waals surface area contributed by atoms with Crippen molar-refractivity contribution in [2.75, 3.05) is 19.6 Å². The molecule has 0 radical (unpaired) electrons. The lowest BCUT2D eigenvalue weighted by Crippen LogP contribution is -2.49. The Hall–Kier alpha value is -2.60. The van der Waals surface area contributed by atoms with Crippen LogP contribution in [0.4, 0.5) is 4.79 Å². The van der Waals surface area contributed by atoms with Gasteiger partial charge in [0, 0.05) is 13.1 Å². The average Bonchev–Trinajstić information content (AvgIpc) is 2.75. The molecule has 0 saturated carbocycles. The van der Waals surface area contributed by atoms with Gasteiger partial charge in [-0.15, -0.1) is 0 Å². The Morgan fingerprint density at radius 3 is 2.11 bits per heavy atom. The smallest absolute Gasteiger partial charge is 0.408 e. The predicted octanol–water partition coefficient (Wildman–Crippen LogP) is 6.30. The third-order valence-electron chi connectivity index (χ3n) is 5.87. The number of benzene rings is 2. The van der Waals surface area contributed by atoms with Crippen LogP contribution in [-0.4, -0.2) is 48.2 Å². The van der Waals surface area contributed by atoms with Crippen LogP contribution < -0.4 is 10.6 Å². The van der Waals surface area contributed by atoms with Crippen molar-refractivity contribution in [3.63, 3.8) is 0 Å². The second-order valence-corrected chi connectivity index (χ2v) is 11.7. The van der Waals surface area contributed by atoms with E-state index in [0.717, 1.165) is 42.4 Å². The van der Waals surface area contributed by atoms with E-state index in [-0.39, 0.29) is 11.9 Å². The molecule has 2 aromatic rings. The van der Waals surface area contributed by atoms with E-state index in [2.05, 4.69) is 61.4 Å². The van der Waals surface area contributed by atoms with Gasteiger partial charge in [-0.2, -0.15) is 0 Å². The van der Waals surface area contributed by atoms with Gasteiger partial charge in [-0.1, -0.05) is 70.2 Å². The third-order valence-corrected chi connectivity index (χ3v) is 5.87. The molecule has 0 saturated heterocycles. The van der Waals surface area contributed by atoms with Gasteiger partial charge in [0.1, 0.15) is 11.6 Å². The van der Waals surface area contributed by atoms with Crippen LogP contribution >= 0.6 is 0 Å². The first-order valence-corrected chi connectivity index (χ1v) is 13.4. The standard InChI is InChI=1S/C30H47N3O3/c1-21(2)19-33(20-22(3)4)18-12-17-27(32-29(35)36-30(6,7)8)28(34)31-23(5)25-16-11-14-24-13-9-10-15-26(24)25/h9-11,13-16,21-23,27H,12,17-20H2,1-8H3,(H,31,34)(H,32,35)/t23-,27?/m0/s1. The number of alkyl carbamates (subject to hydrolysis) is 1. The first-order valence-electron chi connectivity index (χ1n) is 13.4. The molecule has 2 aromatic carbocycles. The summed E-state index contributed by atoms with van der Waals surface area (Å²) < 4.78 is 5.46. The van der Waals surface area contributed by atoms with Gasteiger partial charge in [0.15, 0.2) is 0 Å². The number of nitrogens with zero attached hydrogens (tertiary/aromatic N) is 1. The number of amides is 2. The Kier molecular flexibility index (Phi) is 11.2. The third kappa shape index (κ3) is 10.2. The molecular formula is C30H47N3O3. The summed E-state index contributed by atoms with van der Waals surface area (Å²) in [5.41, 5.74) is 0.421. The number of fused-ring (bicyclic) bond motifs is 1. The highest BCUT2D eigenvalue weighted by atomic mass is 16.6. The van der Waals surface area contributed by atoms with Crippen molar-refractivity contribution in [3.05, 3.63) is 48.0 Å². The summed E-state index contributed by atoms with van der Waals surface area (Å²) in [7, 11) is 0. The minimum Gasteiger partial charge on any atom is -0.444 e. The first-order chi connectivity index (χ1) is 16.9. The highest BCUT2D eigenvalue weighted by Gasteiger charge is 2.26. The van der Waals surface area contributed by atoms with E-state index < -0.39 is 17.7 Å². The fourth-order valence-electron chi connectivity index (χ4n) is 4.55. The van der Waals surface area contributed by atoms with Crippen LogP contribution in [0.5, 0.6) is 0 Å². The van der Waals surface area contributed by atoms with Crippen molar-refractivity contribution in [1.29, 1.82) is 0 Å². The van der Waals surface area contributed by atoms with Crippen LogP contribution in [-0.2, 0) is 9.53 Å². The second kappa shape index (κ2) is 13.6. The van der Waals surface area contributed by atoms with Crippen molar-refractivity contribution in [1.82, 2.24) is 15.5 Å². The molecule has 36 heavy (non-hydrogen) atoms. The van der Waals surface area contributed by atoms with Gasteiger partial charge in [-0.05, 0) is 75.3 Å². The van der Waals surface area contributed by atoms with Crippen LogP contribution in [0.15, 0.2) is 42.5 Å². The molecule has 0 heterocycles. The van der Waals surface area contributed by atoms with Crippen molar-refractivity contribution < 1.29 is 14.3 Å². The maximum atomic E-state index is 13.4. The van der Waals surface area contributed by atoms with Crippen LogP contribution in [0.3, 0.4) is 0 Å². The van der Waals surface area contributed by atoms with Gasteiger partial charge < -0.3 is 20.3 Å². The SMILES string of the molecule is CC(C)CN(CCCC(NC(=O)OC(C)(C)C)C(=O)N[C@@H](C)c1cccc2ccccc12)CC(C)C. The van der Waals surface area contributed by atoms with Crippen LogP contribution in [0.1, 0.15) is 79.8 Å². The number of rotatable bonds is 12. The Morgan fingerprint density at radius 1 is 0.889 bits per heavy atom. The van der Waals surface area contributed by atoms with Crippen LogP contribution in [0.25, 0.3) is 10.8 Å². The Bertz CT molecular complexity index is 966. The predicted molar refractivity (Wildman–Crippen MR) is 149 cm³/mol. The lowest BCUT2D eigenvalue weighted by atomic mass is 9.99. The summed E-state index contributed by atoms with van der Waals surface area (Å²) in [6.45, 7) is 19.3. The van der Waals surface area contributed by atoms with Crippen molar-refractivity contribution >= 4 is 22.8 Å². The lowest BCUT2D eigenvalue weighted by molar-refractivity contribution is -0.124. The molecule has 0 aliphatic heterocycles. The zero-order valence-electron chi connectivity index (χ0n) is 23.6. The van der Waals surface area contributed by atoms with Gasteiger partial charge in [-0.3, -0.25) is 4.79 Å². The second-order valence-electron chi connectivity index (χ2n) is 11.7. The molecule has 200 valence electrons. The molecule has 6 heteroatoms. The number of hydrogen-bond acceptors (Lipinski definition) is 4. The molecule has 2 N–H and O–H groups in total. The van der Waals surface area contributed by atoms with E-state index in [1.165, 1.54) is 0 Å². The van der Waals surface area contributed by atoms with Crippen molar-refractivity contribution in [2.45, 2.75) is 85.9 Å². The van der Waals surface area contributed by atoms with E-state index >= 15 is 0 Å². The summed E-state index contributed by atoms with van der Waals surface area (Å²) >= 11 is 0. The molecule has 0 spiro atoms. The fraction of sp³-hybridized carbons (Fsp3) is 0.600. The molecule has 0 aliphatic rings.